The zero-order valence-corrected chi connectivity index (χ0v) is 18.6. The fourth-order valence-electron chi connectivity index (χ4n) is 3.16. The second-order valence-corrected chi connectivity index (χ2v) is 8.32. The Labute approximate surface area is 183 Å². The lowest BCUT2D eigenvalue weighted by Crippen LogP contribution is -2.04. The molecule has 0 unspecified atom stereocenters. The number of fused-ring (bicyclic) bond motifs is 1. The molecule has 5 nitrogen and oxygen atoms in total. The van der Waals surface area contributed by atoms with Crippen molar-refractivity contribution < 1.29 is 0 Å². The molecule has 0 radical (unpaired) electrons. The maximum Gasteiger partial charge on any atom is 0.191 e. The topological polar surface area (TPSA) is 55.6 Å². The molecule has 0 amide bonds. The van der Waals surface area contributed by atoms with Crippen molar-refractivity contribution in [3.8, 4) is 5.69 Å². The lowest BCUT2D eigenvalue weighted by molar-refractivity contribution is 0.918. The number of nitrogens with zero attached hydrogens (tertiary/aromatic N) is 4. The summed E-state index contributed by atoms with van der Waals surface area (Å²) < 4.78 is 2.74. The van der Waals surface area contributed by atoms with Crippen LogP contribution in [0, 0.1) is 0 Å². The van der Waals surface area contributed by atoms with Crippen LogP contribution < -0.4 is 5.32 Å². The van der Waals surface area contributed by atoms with Gasteiger partial charge in [0.15, 0.2) is 26.9 Å². The molecule has 7 heteroatoms. The summed E-state index contributed by atoms with van der Waals surface area (Å²) in [6, 6.07) is 20.7. The van der Waals surface area contributed by atoms with Crippen LogP contribution in [0.25, 0.3) is 16.9 Å². The molecule has 29 heavy (non-hydrogen) atoms. The molecule has 0 atom stereocenters. The van der Waals surface area contributed by atoms with Crippen molar-refractivity contribution in [2.24, 2.45) is 0 Å². The van der Waals surface area contributed by atoms with E-state index in [4.69, 9.17) is 9.97 Å². The maximum absolute atomic E-state index is 4.84. The smallest absolute Gasteiger partial charge is 0.191 e. The Hall–Kier alpha value is -2.38. The van der Waals surface area contributed by atoms with Crippen molar-refractivity contribution in [3.05, 3.63) is 71.0 Å². The summed E-state index contributed by atoms with van der Waals surface area (Å²) in [4.78, 5) is 14.2. The number of hydrogen-bond donors (Lipinski definition) is 1. The van der Waals surface area contributed by atoms with Gasteiger partial charge >= 0.3 is 0 Å². The quantitative estimate of drug-likeness (QED) is 0.155. The van der Waals surface area contributed by atoms with E-state index in [0.717, 1.165) is 57.7 Å². The highest BCUT2D eigenvalue weighted by Gasteiger charge is 2.17. The first-order valence-corrected chi connectivity index (χ1v) is 11.5. The zero-order chi connectivity index (χ0) is 20.1. The molecule has 2 heterocycles. The number of rotatable bonds is 8. The molecule has 0 bridgehead atoms. The maximum atomic E-state index is 4.84. The molecule has 0 aliphatic rings. The zero-order valence-electron chi connectivity index (χ0n) is 16.2. The highest BCUT2D eigenvalue weighted by molar-refractivity contribution is 9.10. The molecule has 0 aliphatic carbocycles. The number of hydrogen-bond acceptors (Lipinski definition) is 5. The Bertz CT molecular complexity index is 1080. The first-order valence-electron chi connectivity index (χ1n) is 9.68. The number of anilines is 1. The average molecular weight is 468 g/mol. The van der Waals surface area contributed by atoms with Gasteiger partial charge in [0.25, 0.3) is 0 Å². The Morgan fingerprint density at radius 1 is 0.966 bits per heavy atom. The van der Waals surface area contributed by atoms with Gasteiger partial charge in [-0.25, -0.2) is 15.0 Å². The fraction of sp³-hybridized carbons (Fsp3) is 0.227. The molecule has 148 valence electrons. The van der Waals surface area contributed by atoms with Gasteiger partial charge in [0.05, 0.1) is 0 Å². The van der Waals surface area contributed by atoms with E-state index in [9.17, 15) is 0 Å². The van der Waals surface area contributed by atoms with Crippen LogP contribution in [0.5, 0.6) is 0 Å². The van der Waals surface area contributed by atoms with Crippen molar-refractivity contribution in [2.75, 3.05) is 17.6 Å². The number of benzene rings is 2. The second kappa shape index (κ2) is 9.41. The summed E-state index contributed by atoms with van der Waals surface area (Å²) in [6.45, 7) is 2.84. The van der Waals surface area contributed by atoms with Crippen molar-refractivity contribution >= 4 is 44.7 Å². The van der Waals surface area contributed by atoms with Gasteiger partial charge in [-0.2, -0.15) is 0 Å². The molecule has 4 aromatic rings. The van der Waals surface area contributed by atoms with Crippen LogP contribution in [0.2, 0.25) is 0 Å². The SMILES string of the molecule is CCNc1nc(SCCCc2ccccc2)nc2c1nc(Br)n2-c1ccccc1. The number of imidazole rings is 1. The van der Waals surface area contributed by atoms with Crippen LogP contribution in [0.3, 0.4) is 0 Å². The van der Waals surface area contributed by atoms with Crippen molar-refractivity contribution in [2.45, 2.75) is 24.9 Å². The molecule has 0 saturated carbocycles. The Morgan fingerprint density at radius 3 is 2.41 bits per heavy atom. The van der Waals surface area contributed by atoms with E-state index in [-0.39, 0.29) is 0 Å². The summed E-state index contributed by atoms with van der Waals surface area (Å²) in [7, 11) is 0. The van der Waals surface area contributed by atoms with Gasteiger partial charge in [0, 0.05) is 18.0 Å². The van der Waals surface area contributed by atoms with Gasteiger partial charge in [-0.05, 0) is 53.4 Å². The summed E-state index contributed by atoms with van der Waals surface area (Å²) in [5.41, 5.74) is 3.96. The van der Waals surface area contributed by atoms with Gasteiger partial charge in [0.1, 0.15) is 0 Å². The predicted octanol–water partition coefficient (Wildman–Crippen LogP) is 5.73. The minimum Gasteiger partial charge on any atom is -0.368 e. The van der Waals surface area contributed by atoms with Crippen LogP contribution in [-0.4, -0.2) is 31.8 Å². The number of thioether (sulfide) groups is 1. The lowest BCUT2D eigenvalue weighted by Gasteiger charge is -2.09. The summed E-state index contributed by atoms with van der Waals surface area (Å²) in [5.74, 6) is 1.74. The molecule has 0 fully saturated rings. The predicted molar refractivity (Wildman–Crippen MR) is 124 cm³/mol. The molecule has 4 rings (SSSR count). The van der Waals surface area contributed by atoms with Gasteiger partial charge in [-0.15, -0.1) is 0 Å². The largest absolute Gasteiger partial charge is 0.368 e. The minimum atomic E-state index is 0.721. The van der Waals surface area contributed by atoms with Crippen molar-refractivity contribution in [1.82, 2.24) is 19.5 Å². The van der Waals surface area contributed by atoms with Crippen molar-refractivity contribution in [1.29, 1.82) is 0 Å². The third-order valence-electron chi connectivity index (χ3n) is 4.49. The molecule has 0 spiro atoms. The fourth-order valence-corrected chi connectivity index (χ4v) is 4.49. The molecule has 1 N–H and O–H groups in total. The first kappa shape index (κ1) is 19.9. The van der Waals surface area contributed by atoms with E-state index in [1.165, 1.54) is 5.56 Å². The van der Waals surface area contributed by atoms with E-state index in [0.29, 0.717) is 0 Å². The number of aryl methyl sites for hydroxylation is 1. The van der Waals surface area contributed by atoms with E-state index in [1.807, 2.05) is 34.9 Å². The number of aromatic nitrogens is 4. The van der Waals surface area contributed by atoms with Crippen molar-refractivity contribution in [3.63, 3.8) is 0 Å². The molecule has 0 aliphatic heterocycles. The van der Waals surface area contributed by atoms with Gasteiger partial charge in [-0.1, -0.05) is 60.3 Å². The summed E-state index contributed by atoms with van der Waals surface area (Å²) >= 11 is 5.28. The van der Waals surface area contributed by atoms with E-state index >= 15 is 0 Å². The van der Waals surface area contributed by atoms with Crippen LogP contribution in [0.4, 0.5) is 5.82 Å². The number of halogens is 1. The van der Waals surface area contributed by atoms with Crippen LogP contribution in [-0.2, 0) is 6.42 Å². The molecular formula is C22H22BrN5S. The molecule has 2 aromatic carbocycles. The lowest BCUT2D eigenvalue weighted by atomic mass is 10.1. The summed E-state index contributed by atoms with van der Waals surface area (Å²) in [5, 5.41) is 4.11. The van der Waals surface area contributed by atoms with Crippen LogP contribution >= 0.6 is 27.7 Å². The highest BCUT2D eigenvalue weighted by Crippen LogP contribution is 2.29. The highest BCUT2D eigenvalue weighted by atomic mass is 79.9. The number of nitrogens with one attached hydrogen (secondary N) is 1. The van der Waals surface area contributed by atoms with Gasteiger partial charge < -0.3 is 5.32 Å². The van der Waals surface area contributed by atoms with Gasteiger partial charge in [-0.3, -0.25) is 4.57 Å². The average Bonchev–Trinajstić information content (AvgIpc) is 3.09. The van der Waals surface area contributed by atoms with Gasteiger partial charge in [0.2, 0.25) is 0 Å². The van der Waals surface area contributed by atoms with Crippen LogP contribution in [0.15, 0.2) is 70.6 Å². The molecule has 2 aromatic heterocycles. The molecule has 0 saturated heterocycles. The number of para-hydroxylation sites is 1. The summed E-state index contributed by atoms with van der Waals surface area (Å²) in [6.07, 6.45) is 2.14. The Morgan fingerprint density at radius 2 is 1.69 bits per heavy atom. The van der Waals surface area contributed by atoms with E-state index in [1.54, 1.807) is 11.8 Å². The Balaban J connectivity index is 1.60. The third kappa shape index (κ3) is 4.62. The van der Waals surface area contributed by atoms with E-state index in [2.05, 4.69) is 63.5 Å². The molecular weight excluding hydrogens is 446 g/mol. The Kier molecular flexibility index (Phi) is 6.46. The minimum absolute atomic E-state index is 0.721. The standard InChI is InChI=1S/C22H22BrN5S/c1-2-24-19-18-20(28(21(23)25-18)17-13-7-4-8-14-17)27-22(26-19)29-15-9-12-16-10-5-3-6-11-16/h3-8,10-11,13-14H,2,9,12,15H2,1H3,(H,24,26,27). The van der Waals surface area contributed by atoms with E-state index < -0.39 is 0 Å². The monoisotopic (exact) mass is 467 g/mol. The van der Waals surface area contributed by atoms with Crippen LogP contribution in [0.1, 0.15) is 18.9 Å². The normalized spacial score (nSPS) is 11.1. The first-order chi connectivity index (χ1) is 14.3. The third-order valence-corrected chi connectivity index (χ3v) is 5.95. The second-order valence-electron chi connectivity index (χ2n) is 6.55.